The van der Waals surface area contributed by atoms with Crippen molar-refractivity contribution in [1.29, 1.82) is 0 Å². The quantitative estimate of drug-likeness (QED) is 0.321. The van der Waals surface area contributed by atoms with Crippen LogP contribution in [-0.4, -0.2) is 55.3 Å². The van der Waals surface area contributed by atoms with Crippen LogP contribution in [0.25, 0.3) is 5.53 Å². The second-order valence-electron chi connectivity index (χ2n) is 11.2. The van der Waals surface area contributed by atoms with E-state index in [0.717, 1.165) is 11.6 Å². The van der Waals surface area contributed by atoms with Crippen molar-refractivity contribution in [1.82, 2.24) is 0 Å². The highest BCUT2D eigenvalue weighted by atomic mass is 35.5. The average molecular weight is 544 g/mol. The van der Waals surface area contributed by atoms with Crippen LogP contribution >= 0.6 is 34.8 Å². The summed E-state index contributed by atoms with van der Waals surface area (Å²) in [6, 6.07) is -1.56. The van der Waals surface area contributed by atoms with Crippen LogP contribution in [0.5, 0.6) is 0 Å². The molecule has 0 aromatic rings. The molecule has 6 unspecified atom stereocenters. The maximum Gasteiger partial charge on any atom is 0.232 e. The molecule has 0 bridgehead atoms. The highest BCUT2D eigenvalue weighted by Crippen LogP contribution is 2.60. The van der Waals surface area contributed by atoms with Gasteiger partial charge in [0.25, 0.3) is 0 Å². The van der Waals surface area contributed by atoms with Gasteiger partial charge in [-0.15, -0.1) is 34.8 Å². The summed E-state index contributed by atoms with van der Waals surface area (Å²) in [6.45, 7) is 11.6. The molecule has 4 rings (SSSR count). The number of aliphatic hydroxyl groups is 1. The number of carbonyl (C=O) groups excluding carboxylic acids is 3. The van der Waals surface area contributed by atoms with Crippen molar-refractivity contribution in [3.05, 3.63) is 40.7 Å². The van der Waals surface area contributed by atoms with E-state index in [4.69, 9.17) is 39.5 Å². The number of alkyl halides is 3. The van der Waals surface area contributed by atoms with Gasteiger partial charge in [-0.3, -0.25) is 14.4 Å². The molecule has 10 heteroatoms. The number of Topliss-reactive ketones (excluding diaryl/α,β-unsaturated/α-hetero) is 2. The maximum absolute atomic E-state index is 14.4. The summed E-state index contributed by atoms with van der Waals surface area (Å²) in [5, 5.41) is 11.4. The predicted molar refractivity (Wildman–Crippen MR) is 132 cm³/mol. The van der Waals surface area contributed by atoms with Gasteiger partial charge in [-0.2, -0.15) is 0 Å². The first-order valence-corrected chi connectivity index (χ1v) is 12.8. The number of aliphatic hydroxyl groups excluding tert-OH is 1. The molecule has 190 valence electrons. The molecule has 3 aliphatic carbocycles. The normalized spacial score (nSPS) is 40.7. The number of halogens is 3. The van der Waals surface area contributed by atoms with Crippen molar-refractivity contribution < 1.29 is 29.3 Å². The molecule has 2 N–H and O–H groups in total. The van der Waals surface area contributed by atoms with Gasteiger partial charge >= 0.3 is 0 Å². The first kappa shape index (κ1) is 26.5. The van der Waals surface area contributed by atoms with Gasteiger partial charge in [-0.05, 0) is 50.9 Å². The highest BCUT2D eigenvalue weighted by Gasteiger charge is 2.73. The van der Waals surface area contributed by atoms with E-state index in [2.05, 4.69) is 6.58 Å². The van der Waals surface area contributed by atoms with Crippen LogP contribution < -0.4 is 5.11 Å². The Bertz CT molecular complexity index is 1130. The molecule has 1 heterocycles. The summed E-state index contributed by atoms with van der Waals surface area (Å²) in [6.07, 6.45) is 1.99. The second kappa shape index (κ2) is 8.23. The van der Waals surface area contributed by atoms with Crippen molar-refractivity contribution in [3.63, 3.8) is 0 Å². The minimum absolute atomic E-state index is 0.0310. The molecule has 4 aliphatic rings. The van der Waals surface area contributed by atoms with Crippen molar-refractivity contribution in [2.24, 2.45) is 11.3 Å². The van der Waals surface area contributed by atoms with Gasteiger partial charge in [0.1, 0.15) is 10.6 Å². The molecule has 35 heavy (non-hydrogen) atoms. The number of ketones is 3. The van der Waals surface area contributed by atoms with Crippen LogP contribution in [0, 0.1) is 11.3 Å². The summed E-state index contributed by atoms with van der Waals surface area (Å²) < 4.78 is 6.48. The lowest BCUT2D eigenvalue weighted by atomic mass is 9.56. The smallest absolute Gasteiger partial charge is 0.232 e. The fourth-order valence-electron chi connectivity index (χ4n) is 6.09. The number of nitrogens with zero attached hydrogens (tertiary/aromatic N) is 1. The Kier molecular flexibility index (Phi) is 6.24. The molecule has 0 radical (unpaired) electrons. The molecule has 0 amide bonds. The summed E-state index contributed by atoms with van der Waals surface area (Å²) >= 11 is 20.5. The van der Waals surface area contributed by atoms with E-state index in [0.29, 0.717) is 12.8 Å². The minimum Gasteiger partial charge on any atom is -0.508 e. The first-order chi connectivity index (χ1) is 16.0. The lowest BCUT2D eigenvalue weighted by Gasteiger charge is -2.59. The summed E-state index contributed by atoms with van der Waals surface area (Å²) in [7, 11) is 0. The Balaban J connectivity index is 1.99. The van der Waals surface area contributed by atoms with Gasteiger partial charge in [0.2, 0.25) is 17.6 Å². The Morgan fingerprint density at radius 3 is 2.40 bits per heavy atom. The lowest BCUT2D eigenvalue weighted by molar-refractivity contribution is -0.498. The SMILES string of the molecule is C=C1CCC(Cl)C(C)(C)C1CC12OC(C)(C)C(Cl)CC1(Cl)C(=O)C1=C(C2=O)C([NH+]=[N-])C(=O)C=C1O. The molecule has 2 fully saturated rings. The van der Waals surface area contributed by atoms with Gasteiger partial charge in [0.05, 0.1) is 22.1 Å². The van der Waals surface area contributed by atoms with E-state index in [-0.39, 0.29) is 29.7 Å². The second-order valence-corrected chi connectivity index (χ2v) is 12.9. The molecule has 1 saturated carbocycles. The Hall–Kier alpha value is -1.54. The van der Waals surface area contributed by atoms with Crippen molar-refractivity contribution in [3.8, 4) is 0 Å². The van der Waals surface area contributed by atoms with Crippen LogP contribution in [0.3, 0.4) is 0 Å². The summed E-state index contributed by atoms with van der Waals surface area (Å²) in [4.78, 5) is 39.0. The Morgan fingerprint density at radius 1 is 1.17 bits per heavy atom. The number of fused-ring (bicyclic) bond motifs is 1. The van der Waals surface area contributed by atoms with E-state index in [1.54, 1.807) is 13.8 Å². The average Bonchev–Trinajstić information content (AvgIpc) is 2.75. The zero-order valence-electron chi connectivity index (χ0n) is 20.1. The van der Waals surface area contributed by atoms with Crippen molar-refractivity contribution in [2.75, 3.05) is 0 Å². The standard InChI is InChI=1S/C25H29Cl3N2O5/c1-11-6-7-15(26)22(2,3)12(11)9-25-21(34)18-17(13(31)8-14(32)19(18)30-29)20(33)24(25,28)10-16(27)23(4,5)35-25/h8,12,15-16,19,30-31H,1,6-7,9-10H2,2-5H3. The van der Waals surface area contributed by atoms with Crippen LogP contribution in [0.15, 0.2) is 35.1 Å². The lowest BCUT2D eigenvalue weighted by Crippen LogP contribution is -2.80. The third-order valence-electron chi connectivity index (χ3n) is 8.41. The monoisotopic (exact) mass is 542 g/mol. The number of rotatable bonds is 3. The van der Waals surface area contributed by atoms with E-state index in [9.17, 15) is 25.0 Å². The van der Waals surface area contributed by atoms with Gasteiger partial charge in [0.15, 0.2) is 11.4 Å². The van der Waals surface area contributed by atoms with Gasteiger partial charge in [0, 0.05) is 11.5 Å². The molecular weight excluding hydrogens is 515 g/mol. The molecule has 1 saturated heterocycles. The number of allylic oxidation sites excluding steroid dienone is 2. The fraction of sp³-hybridized carbons (Fsp3) is 0.640. The minimum atomic E-state index is -1.97. The zero-order valence-corrected chi connectivity index (χ0v) is 22.4. The Labute approximate surface area is 219 Å². The first-order valence-electron chi connectivity index (χ1n) is 11.6. The third kappa shape index (κ3) is 3.52. The molecule has 1 aliphatic heterocycles. The van der Waals surface area contributed by atoms with Crippen LogP contribution in [-0.2, 0) is 19.1 Å². The van der Waals surface area contributed by atoms with Crippen molar-refractivity contribution >= 4 is 52.2 Å². The van der Waals surface area contributed by atoms with Gasteiger partial charge < -0.3 is 20.5 Å². The van der Waals surface area contributed by atoms with E-state index < -0.39 is 61.6 Å². The number of hydrogen-bond acceptors (Lipinski definition) is 5. The molecule has 0 aromatic carbocycles. The molecule has 7 nitrogen and oxygen atoms in total. The maximum atomic E-state index is 14.4. The number of carbonyl (C=O) groups is 3. The number of ether oxygens (including phenoxy) is 1. The van der Waals surface area contributed by atoms with Crippen molar-refractivity contribution in [2.45, 2.75) is 86.3 Å². The molecule has 6 atom stereocenters. The number of nitrogens with one attached hydrogen (secondary N) is 1. The van der Waals surface area contributed by atoms with E-state index in [1.807, 2.05) is 19.0 Å². The highest BCUT2D eigenvalue weighted by molar-refractivity contribution is 6.45. The van der Waals surface area contributed by atoms with Crippen LogP contribution in [0.2, 0.25) is 0 Å². The fourth-order valence-corrected chi connectivity index (χ4v) is 7.16. The topological polar surface area (TPSA) is 117 Å². The Morgan fingerprint density at radius 2 is 1.80 bits per heavy atom. The third-order valence-corrected chi connectivity index (χ3v) is 10.5. The van der Waals surface area contributed by atoms with Crippen LogP contribution in [0.1, 0.15) is 53.4 Å². The van der Waals surface area contributed by atoms with E-state index in [1.165, 1.54) is 0 Å². The van der Waals surface area contributed by atoms with Crippen LogP contribution in [0.4, 0.5) is 0 Å². The molecule has 0 aromatic heterocycles. The summed E-state index contributed by atoms with van der Waals surface area (Å²) in [5.41, 5.74) is 6.28. The molecular formula is C25H29Cl3N2O5. The summed E-state index contributed by atoms with van der Waals surface area (Å²) in [5.74, 6) is -3.35. The van der Waals surface area contributed by atoms with Gasteiger partial charge in [-0.1, -0.05) is 26.0 Å². The van der Waals surface area contributed by atoms with E-state index >= 15 is 0 Å². The predicted octanol–water partition coefficient (Wildman–Crippen LogP) is 3.44. The van der Waals surface area contributed by atoms with Gasteiger partial charge in [-0.25, -0.2) is 0 Å². The largest absolute Gasteiger partial charge is 0.508 e. The number of hydrogen-bond donors (Lipinski definition) is 2. The molecule has 0 spiro atoms. The zero-order chi connectivity index (χ0) is 26.3.